The molecule has 0 aliphatic heterocycles. The van der Waals surface area contributed by atoms with Crippen molar-refractivity contribution in [1.29, 1.82) is 0 Å². The minimum Gasteiger partial charge on any atom is -0.355 e. The molecule has 0 unspecified atom stereocenters. The van der Waals surface area contributed by atoms with Gasteiger partial charge in [0, 0.05) is 35.0 Å². The van der Waals surface area contributed by atoms with Crippen LogP contribution in [0, 0.1) is 30.3 Å². The molecule has 10 nitrogen and oxygen atoms in total. The number of aromatic amines is 1. The fourth-order valence-electron chi connectivity index (χ4n) is 4.07. The van der Waals surface area contributed by atoms with Gasteiger partial charge in [0.2, 0.25) is 0 Å². The number of non-ortho nitro benzene ring substituents is 2. The number of hydrogen-bond acceptors (Lipinski definition) is 6. The van der Waals surface area contributed by atoms with E-state index in [0.717, 1.165) is 17.0 Å². The van der Waals surface area contributed by atoms with E-state index < -0.39 is 26.1 Å². The Hall–Kier alpha value is -4.86. The largest absolute Gasteiger partial charge is 0.355 e. The first-order valence-electron chi connectivity index (χ1n) is 9.39. The third-order valence-electron chi connectivity index (χ3n) is 5.42. The number of fused-ring (bicyclic) bond motifs is 4. The number of nitro benzene ring substituents is 3. The standard InChI is InChI=1S/C22H12N4O6/c27-24(28)14-5-6-16-18(9-14)17(8-13-7-12-3-1-2-4-20(12)23-13)19-10-15(25(29)30)11-21(22(16)19)26(31)32/h1-11,23H/b17-8+. The lowest BCUT2D eigenvalue weighted by atomic mass is 10.0. The van der Waals surface area contributed by atoms with Crippen molar-refractivity contribution in [2.24, 2.45) is 0 Å². The van der Waals surface area contributed by atoms with Crippen molar-refractivity contribution in [1.82, 2.24) is 4.98 Å². The summed E-state index contributed by atoms with van der Waals surface area (Å²) in [5.41, 5.74) is 2.19. The van der Waals surface area contributed by atoms with Crippen LogP contribution in [-0.2, 0) is 0 Å². The number of nitro groups is 3. The van der Waals surface area contributed by atoms with Gasteiger partial charge in [-0.1, -0.05) is 18.2 Å². The first-order valence-corrected chi connectivity index (χ1v) is 9.39. The molecule has 0 saturated heterocycles. The predicted molar refractivity (Wildman–Crippen MR) is 117 cm³/mol. The number of H-pyrrole nitrogens is 1. The molecule has 1 N–H and O–H groups in total. The van der Waals surface area contributed by atoms with Crippen molar-refractivity contribution in [3.8, 4) is 11.1 Å². The van der Waals surface area contributed by atoms with E-state index in [2.05, 4.69) is 4.98 Å². The smallest absolute Gasteiger partial charge is 0.284 e. The SMILES string of the molecule is O=[N+]([O-])c1ccc2c(c1)/C(=C\c1cc3ccccc3[nH]1)c1cc([N+](=O)[O-])cc([N+](=O)[O-])c1-2. The van der Waals surface area contributed by atoms with E-state index in [-0.39, 0.29) is 16.8 Å². The number of benzene rings is 3. The summed E-state index contributed by atoms with van der Waals surface area (Å²) >= 11 is 0. The van der Waals surface area contributed by atoms with E-state index in [9.17, 15) is 30.3 Å². The highest BCUT2D eigenvalue weighted by Crippen LogP contribution is 2.51. The number of aromatic nitrogens is 1. The van der Waals surface area contributed by atoms with Gasteiger partial charge in [0.1, 0.15) is 0 Å². The van der Waals surface area contributed by atoms with Crippen LogP contribution in [0.25, 0.3) is 33.7 Å². The Morgan fingerprint density at radius 1 is 0.719 bits per heavy atom. The highest BCUT2D eigenvalue weighted by molar-refractivity contribution is 6.10. The summed E-state index contributed by atoms with van der Waals surface area (Å²) in [5, 5.41) is 35.5. The normalized spacial score (nSPS) is 13.2. The minimum absolute atomic E-state index is 0.184. The first-order chi connectivity index (χ1) is 15.3. The number of para-hydroxylation sites is 1. The van der Waals surface area contributed by atoms with Crippen LogP contribution in [0.15, 0.2) is 60.7 Å². The molecule has 0 radical (unpaired) electrons. The maximum atomic E-state index is 11.8. The third kappa shape index (κ3) is 2.89. The molecule has 3 aromatic carbocycles. The number of rotatable bonds is 4. The second-order valence-corrected chi connectivity index (χ2v) is 7.26. The minimum atomic E-state index is -0.695. The van der Waals surface area contributed by atoms with Crippen molar-refractivity contribution >= 4 is 39.6 Å². The quantitative estimate of drug-likeness (QED) is 0.297. The Bertz CT molecular complexity index is 1490. The number of nitrogens with zero attached hydrogens (tertiary/aromatic N) is 3. The fourth-order valence-corrected chi connectivity index (χ4v) is 4.07. The van der Waals surface area contributed by atoms with E-state index in [1.807, 2.05) is 30.3 Å². The van der Waals surface area contributed by atoms with E-state index in [1.165, 1.54) is 24.3 Å². The number of hydrogen-bond donors (Lipinski definition) is 1. The predicted octanol–water partition coefficient (Wildman–Crippen LogP) is 5.46. The zero-order valence-corrected chi connectivity index (χ0v) is 16.1. The molecule has 1 aliphatic carbocycles. The van der Waals surface area contributed by atoms with Gasteiger partial charge in [0.25, 0.3) is 17.1 Å². The van der Waals surface area contributed by atoms with Gasteiger partial charge in [-0.05, 0) is 46.4 Å². The van der Waals surface area contributed by atoms with Crippen LogP contribution in [-0.4, -0.2) is 19.8 Å². The lowest BCUT2D eigenvalue weighted by molar-refractivity contribution is -0.393. The van der Waals surface area contributed by atoms with Gasteiger partial charge >= 0.3 is 0 Å². The topological polar surface area (TPSA) is 145 Å². The highest BCUT2D eigenvalue weighted by atomic mass is 16.6. The lowest BCUT2D eigenvalue weighted by Crippen LogP contribution is -1.96. The van der Waals surface area contributed by atoms with E-state index in [0.29, 0.717) is 22.4 Å². The van der Waals surface area contributed by atoms with Gasteiger partial charge in [0.05, 0.1) is 26.4 Å². The monoisotopic (exact) mass is 428 g/mol. The molecule has 1 heterocycles. The van der Waals surface area contributed by atoms with Crippen LogP contribution in [0.1, 0.15) is 16.8 Å². The molecule has 1 aliphatic rings. The summed E-state index contributed by atoms with van der Waals surface area (Å²) in [6.07, 6.45) is 1.70. The van der Waals surface area contributed by atoms with E-state index in [1.54, 1.807) is 6.08 Å². The van der Waals surface area contributed by atoms with Crippen molar-refractivity contribution < 1.29 is 14.8 Å². The Balaban J connectivity index is 1.84. The first kappa shape index (κ1) is 19.1. The summed E-state index contributed by atoms with van der Waals surface area (Å²) in [7, 11) is 0. The van der Waals surface area contributed by atoms with E-state index in [4.69, 9.17) is 0 Å². The molecule has 0 saturated carbocycles. The van der Waals surface area contributed by atoms with Crippen LogP contribution in [0.2, 0.25) is 0 Å². The molecule has 0 amide bonds. The van der Waals surface area contributed by atoms with Crippen molar-refractivity contribution in [3.63, 3.8) is 0 Å². The van der Waals surface area contributed by atoms with Crippen molar-refractivity contribution in [2.45, 2.75) is 0 Å². The Kier molecular flexibility index (Phi) is 4.09. The molecule has 10 heteroatoms. The zero-order chi connectivity index (χ0) is 22.6. The molecule has 5 rings (SSSR count). The van der Waals surface area contributed by atoms with Crippen LogP contribution in [0.4, 0.5) is 17.1 Å². The highest BCUT2D eigenvalue weighted by Gasteiger charge is 2.34. The summed E-state index contributed by atoms with van der Waals surface area (Å²) in [6.45, 7) is 0. The lowest BCUT2D eigenvalue weighted by Gasteiger charge is -2.03. The number of nitrogens with one attached hydrogen (secondary N) is 1. The summed E-state index contributed by atoms with van der Waals surface area (Å²) in [4.78, 5) is 35.8. The Labute approximate surface area is 178 Å². The molecular weight excluding hydrogens is 416 g/mol. The second-order valence-electron chi connectivity index (χ2n) is 7.26. The van der Waals surface area contributed by atoms with Crippen molar-refractivity contribution in [2.75, 3.05) is 0 Å². The Morgan fingerprint density at radius 3 is 2.12 bits per heavy atom. The molecule has 32 heavy (non-hydrogen) atoms. The second kappa shape index (κ2) is 6.84. The Morgan fingerprint density at radius 2 is 1.44 bits per heavy atom. The summed E-state index contributed by atoms with van der Waals surface area (Å²) in [6, 6.07) is 15.6. The van der Waals surface area contributed by atoms with Crippen LogP contribution in [0.5, 0.6) is 0 Å². The van der Waals surface area contributed by atoms with Gasteiger partial charge in [-0.3, -0.25) is 30.3 Å². The zero-order valence-electron chi connectivity index (χ0n) is 16.1. The molecule has 4 aromatic rings. The molecule has 1 aromatic heterocycles. The van der Waals surface area contributed by atoms with Gasteiger partial charge < -0.3 is 4.98 Å². The van der Waals surface area contributed by atoms with Gasteiger partial charge in [0.15, 0.2) is 0 Å². The molecule has 0 spiro atoms. The molecule has 0 fully saturated rings. The maximum Gasteiger partial charge on any atom is 0.284 e. The van der Waals surface area contributed by atoms with Gasteiger partial charge in [-0.25, -0.2) is 0 Å². The van der Waals surface area contributed by atoms with Crippen LogP contribution in [0.3, 0.4) is 0 Å². The molecule has 0 atom stereocenters. The molecular formula is C22H12N4O6. The fraction of sp³-hybridized carbons (Fsp3) is 0. The summed E-state index contributed by atoms with van der Waals surface area (Å²) < 4.78 is 0. The molecule has 156 valence electrons. The van der Waals surface area contributed by atoms with E-state index >= 15 is 0 Å². The van der Waals surface area contributed by atoms with Gasteiger partial charge in [-0.2, -0.15) is 0 Å². The molecule has 0 bridgehead atoms. The maximum absolute atomic E-state index is 11.8. The van der Waals surface area contributed by atoms with Crippen molar-refractivity contribution in [3.05, 3.63) is 108 Å². The summed E-state index contributed by atoms with van der Waals surface area (Å²) in [5.74, 6) is 0. The van der Waals surface area contributed by atoms with Crippen LogP contribution < -0.4 is 0 Å². The van der Waals surface area contributed by atoms with Gasteiger partial charge in [-0.15, -0.1) is 0 Å². The average molecular weight is 428 g/mol. The van der Waals surface area contributed by atoms with Crippen LogP contribution >= 0.6 is 0 Å². The average Bonchev–Trinajstić information content (AvgIpc) is 3.31. The third-order valence-corrected chi connectivity index (χ3v) is 5.42.